The van der Waals surface area contributed by atoms with E-state index < -0.39 is 15.8 Å². The maximum Gasteiger partial charge on any atom is 0.243 e. The molecule has 0 aliphatic heterocycles. The number of hydrogen-bond acceptors (Lipinski definition) is 3. The highest BCUT2D eigenvalue weighted by atomic mass is 32.2. The van der Waals surface area contributed by atoms with E-state index in [-0.39, 0.29) is 4.90 Å². The van der Waals surface area contributed by atoms with Crippen molar-refractivity contribution in [2.75, 3.05) is 13.1 Å². The molecule has 0 spiro atoms. The van der Waals surface area contributed by atoms with Crippen LogP contribution in [-0.2, 0) is 16.6 Å². The third kappa shape index (κ3) is 3.77. The van der Waals surface area contributed by atoms with Crippen molar-refractivity contribution in [3.8, 4) is 0 Å². The summed E-state index contributed by atoms with van der Waals surface area (Å²) < 4.78 is 40.6. The SMILES string of the molecule is CCNCc1ccc(S(=O)(=O)NCC2CCC2)c(F)c1. The number of rotatable bonds is 7. The van der Waals surface area contributed by atoms with E-state index in [2.05, 4.69) is 10.0 Å². The van der Waals surface area contributed by atoms with Gasteiger partial charge in [0.05, 0.1) is 0 Å². The maximum atomic E-state index is 13.9. The number of benzene rings is 1. The van der Waals surface area contributed by atoms with Gasteiger partial charge in [-0.15, -0.1) is 0 Å². The molecular formula is C14H21FN2O2S. The summed E-state index contributed by atoms with van der Waals surface area (Å²) in [6, 6.07) is 4.26. The monoisotopic (exact) mass is 300 g/mol. The Morgan fingerprint density at radius 1 is 1.35 bits per heavy atom. The van der Waals surface area contributed by atoms with Crippen LogP contribution in [0.15, 0.2) is 23.1 Å². The topological polar surface area (TPSA) is 58.2 Å². The summed E-state index contributed by atoms with van der Waals surface area (Å²) in [4.78, 5) is -0.267. The van der Waals surface area contributed by atoms with Crippen LogP contribution in [-0.4, -0.2) is 21.5 Å². The number of sulfonamides is 1. The molecule has 4 nitrogen and oxygen atoms in total. The highest BCUT2D eigenvalue weighted by Gasteiger charge is 2.23. The van der Waals surface area contributed by atoms with E-state index in [1.807, 2.05) is 6.92 Å². The van der Waals surface area contributed by atoms with Crippen LogP contribution in [0.3, 0.4) is 0 Å². The standard InChI is InChI=1S/C14H21FN2O2S/c1-2-16-9-12-6-7-14(13(15)8-12)20(18,19)17-10-11-4-3-5-11/h6-8,11,16-17H,2-5,9-10H2,1H3. The highest BCUT2D eigenvalue weighted by molar-refractivity contribution is 7.89. The van der Waals surface area contributed by atoms with E-state index in [1.54, 1.807) is 6.07 Å². The van der Waals surface area contributed by atoms with E-state index in [4.69, 9.17) is 0 Å². The largest absolute Gasteiger partial charge is 0.313 e. The average Bonchev–Trinajstić information content (AvgIpc) is 2.34. The van der Waals surface area contributed by atoms with Gasteiger partial charge < -0.3 is 5.32 Å². The Hall–Kier alpha value is -0.980. The fraction of sp³-hybridized carbons (Fsp3) is 0.571. The second-order valence-electron chi connectivity index (χ2n) is 5.19. The molecule has 0 unspecified atom stereocenters. The zero-order valence-corrected chi connectivity index (χ0v) is 12.5. The first-order chi connectivity index (χ1) is 9.53. The molecule has 112 valence electrons. The van der Waals surface area contributed by atoms with Crippen LogP contribution in [0.25, 0.3) is 0 Å². The lowest BCUT2D eigenvalue weighted by atomic mass is 9.86. The second kappa shape index (κ2) is 6.65. The smallest absolute Gasteiger partial charge is 0.243 e. The summed E-state index contributed by atoms with van der Waals surface area (Å²) in [7, 11) is -3.74. The maximum absolute atomic E-state index is 13.9. The van der Waals surface area contributed by atoms with Crippen molar-refractivity contribution in [2.45, 2.75) is 37.6 Å². The Balaban J connectivity index is 2.06. The molecule has 0 aromatic heterocycles. The fourth-order valence-electron chi connectivity index (χ4n) is 2.14. The summed E-state index contributed by atoms with van der Waals surface area (Å²) in [5.41, 5.74) is 0.738. The number of hydrogen-bond donors (Lipinski definition) is 2. The van der Waals surface area contributed by atoms with Crippen molar-refractivity contribution in [1.82, 2.24) is 10.0 Å². The number of halogens is 1. The van der Waals surface area contributed by atoms with Gasteiger partial charge in [0.2, 0.25) is 10.0 Å². The van der Waals surface area contributed by atoms with Crippen LogP contribution in [0, 0.1) is 11.7 Å². The second-order valence-corrected chi connectivity index (χ2v) is 6.93. The molecule has 0 heterocycles. The molecule has 1 aliphatic carbocycles. The zero-order chi connectivity index (χ0) is 14.6. The third-order valence-corrected chi connectivity index (χ3v) is 5.11. The lowest BCUT2D eigenvalue weighted by Gasteiger charge is -2.25. The molecule has 1 fully saturated rings. The summed E-state index contributed by atoms with van der Waals surface area (Å²) in [6.45, 7) is 3.67. The lowest BCUT2D eigenvalue weighted by molar-refractivity contribution is 0.316. The van der Waals surface area contributed by atoms with Gasteiger partial charge in [0.25, 0.3) is 0 Å². The van der Waals surface area contributed by atoms with E-state index in [1.165, 1.54) is 12.1 Å². The fourth-order valence-corrected chi connectivity index (χ4v) is 3.32. The normalized spacial score (nSPS) is 16.1. The molecule has 1 aliphatic rings. The van der Waals surface area contributed by atoms with Gasteiger partial charge in [-0.2, -0.15) is 0 Å². The van der Waals surface area contributed by atoms with Crippen molar-refractivity contribution in [3.63, 3.8) is 0 Å². The Kier molecular flexibility index (Phi) is 5.12. The summed E-state index contributed by atoms with van der Waals surface area (Å²) in [5.74, 6) is -0.289. The Bertz CT molecular complexity index is 556. The van der Waals surface area contributed by atoms with Crippen molar-refractivity contribution in [1.29, 1.82) is 0 Å². The molecule has 1 aromatic rings. The minimum Gasteiger partial charge on any atom is -0.313 e. The quantitative estimate of drug-likeness (QED) is 0.810. The summed E-state index contributed by atoms with van der Waals surface area (Å²) in [5, 5.41) is 3.07. The van der Waals surface area contributed by atoms with Crippen LogP contribution in [0.1, 0.15) is 31.7 Å². The lowest BCUT2D eigenvalue weighted by Crippen LogP contribution is -2.32. The van der Waals surface area contributed by atoms with Gasteiger partial charge in [-0.3, -0.25) is 0 Å². The van der Waals surface area contributed by atoms with Crippen LogP contribution >= 0.6 is 0 Å². The van der Waals surface area contributed by atoms with Gasteiger partial charge in [0, 0.05) is 13.1 Å². The van der Waals surface area contributed by atoms with Crippen LogP contribution < -0.4 is 10.0 Å². The van der Waals surface area contributed by atoms with E-state index in [9.17, 15) is 12.8 Å². The van der Waals surface area contributed by atoms with Crippen LogP contribution in [0.5, 0.6) is 0 Å². The van der Waals surface area contributed by atoms with Crippen LogP contribution in [0.2, 0.25) is 0 Å². The Morgan fingerprint density at radius 2 is 2.10 bits per heavy atom. The van der Waals surface area contributed by atoms with E-state index in [0.29, 0.717) is 19.0 Å². The molecule has 0 amide bonds. The predicted molar refractivity (Wildman–Crippen MR) is 76.3 cm³/mol. The average molecular weight is 300 g/mol. The molecular weight excluding hydrogens is 279 g/mol. The molecule has 20 heavy (non-hydrogen) atoms. The molecule has 1 saturated carbocycles. The first-order valence-electron chi connectivity index (χ1n) is 7.01. The van der Waals surface area contributed by atoms with Crippen molar-refractivity contribution < 1.29 is 12.8 Å². The molecule has 2 rings (SSSR count). The van der Waals surface area contributed by atoms with E-state index in [0.717, 1.165) is 31.4 Å². The molecule has 1 aromatic carbocycles. The first-order valence-corrected chi connectivity index (χ1v) is 8.50. The predicted octanol–water partition coefficient (Wildman–Crippen LogP) is 2.01. The molecule has 2 N–H and O–H groups in total. The Morgan fingerprint density at radius 3 is 2.65 bits per heavy atom. The van der Waals surface area contributed by atoms with Gasteiger partial charge in [-0.25, -0.2) is 17.5 Å². The minimum absolute atomic E-state index is 0.267. The minimum atomic E-state index is -3.74. The molecule has 0 atom stereocenters. The van der Waals surface area contributed by atoms with Crippen LogP contribution in [0.4, 0.5) is 4.39 Å². The first kappa shape index (κ1) is 15.4. The van der Waals surface area contributed by atoms with Gasteiger partial charge in [-0.05, 0) is 43.0 Å². The summed E-state index contributed by atoms with van der Waals surface area (Å²) >= 11 is 0. The van der Waals surface area contributed by atoms with Crippen molar-refractivity contribution in [3.05, 3.63) is 29.6 Å². The Labute approximate surface area is 119 Å². The highest BCUT2D eigenvalue weighted by Crippen LogP contribution is 2.26. The molecule has 0 bridgehead atoms. The number of nitrogens with one attached hydrogen (secondary N) is 2. The zero-order valence-electron chi connectivity index (χ0n) is 11.7. The molecule has 0 saturated heterocycles. The third-order valence-electron chi connectivity index (χ3n) is 3.65. The molecule has 6 heteroatoms. The van der Waals surface area contributed by atoms with Gasteiger partial charge in [-0.1, -0.05) is 19.4 Å². The van der Waals surface area contributed by atoms with Crippen molar-refractivity contribution >= 4 is 10.0 Å². The van der Waals surface area contributed by atoms with Gasteiger partial charge in [0.1, 0.15) is 10.7 Å². The van der Waals surface area contributed by atoms with Gasteiger partial charge in [0.15, 0.2) is 0 Å². The molecule has 0 radical (unpaired) electrons. The van der Waals surface area contributed by atoms with E-state index >= 15 is 0 Å². The van der Waals surface area contributed by atoms with Gasteiger partial charge >= 0.3 is 0 Å². The summed E-state index contributed by atoms with van der Waals surface area (Å²) in [6.07, 6.45) is 3.25. The van der Waals surface area contributed by atoms with Crippen molar-refractivity contribution in [2.24, 2.45) is 5.92 Å².